The quantitative estimate of drug-likeness (QED) is 0.553. The van der Waals surface area contributed by atoms with E-state index in [9.17, 15) is 13.2 Å². The molecule has 0 aliphatic carbocycles. The third-order valence-corrected chi connectivity index (χ3v) is 3.42. The lowest BCUT2D eigenvalue weighted by molar-refractivity contribution is 0.0595. The molecular formula is C9H15N3O4S2. The average molecular weight is 293 g/mol. The second-order valence-corrected chi connectivity index (χ2v) is 6.17. The number of esters is 1. The maximum absolute atomic E-state index is 11.1. The lowest BCUT2D eigenvalue weighted by Gasteiger charge is -2.03. The third kappa shape index (κ3) is 5.43. The summed E-state index contributed by atoms with van der Waals surface area (Å²) >= 11 is 1.30. The van der Waals surface area contributed by atoms with E-state index in [1.807, 2.05) is 0 Å². The Morgan fingerprint density at radius 2 is 2.22 bits per heavy atom. The van der Waals surface area contributed by atoms with Gasteiger partial charge in [0.25, 0.3) is 0 Å². The first-order valence-corrected chi connectivity index (χ1v) is 7.92. The fraction of sp³-hybridized carbons (Fsp3) is 0.556. The summed E-state index contributed by atoms with van der Waals surface area (Å²) in [5.41, 5.74) is 0.263. The fourth-order valence-electron chi connectivity index (χ4n) is 1.09. The zero-order valence-corrected chi connectivity index (χ0v) is 11.7. The van der Waals surface area contributed by atoms with Crippen molar-refractivity contribution >= 4 is 32.5 Å². The standard InChI is InChI=1S/C9H15N3O4S2/c1-16-8(13)7-6-17-9(12-7)10-4-3-5-11-18(2,14)15/h6,11H,3-5H2,1-2H3,(H,10,12). The van der Waals surface area contributed by atoms with E-state index in [4.69, 9.17) is 0 Å². The number of ether oxygens (including phenoxy) is 1. The van der Waals surface area contributed by atoms with Gasteiger partial charge in [0.15, 0.2) is 10.8 Å². The van der Waals surface area contributed by atoms with Crippen LogP contribution in [-0.2, 0) is 14.8 Å². The molecule has 1 aromatic heterocycles. The molecule has 0 fully saturated rings. The molecule has 1 rings (SSSR count). The van der Waals surface area contributed by atoms with E-state index in [1.54, 1.807) is 5.38 Å². The first kappa shape index (κ1) is 14.9. The molecule has 0 aliphatic rings. The summed E-state index contributed by atoms with van der Waals surface area (Å²) in [6, 6.07) is 0. The van der Waals surface area contributed by atoms with Gasteiger partial charge in [-0.1, -0.05) is 0 Å². The van der Waals surface area contributed by atoms with Gasteiger partial charge in [0.05, 0.1) is 13.4 Å². The smallest absolute Gasteiger partial charge is 0.357 e. The molecule has 102 valence electrons. The summed E-state index contributed by atoms with van der Waals surface area (Å²) in [5.74, 6) is -0.474. The van der Waals surface area contributed by atoms with Crippen molar-refractivity contribution in [1.29, 1.82) is 0 Å². The molecule has 0 spiro atoms. The SMILES string of the molecule is COC(=O)c1csc(NCCCNS(C)(=O)=O)n1. The molecule has 0 aromatic carbocycles. The predicted molar refractivity (Wildman–Crippen MR) is 69.4 cm³/mol. The van der Waals surface area contributed by atoms with E-state index >= 15 is 0 Å². The minimum absolute atomic E-state index is 0.263. The maximum Gasteiger partial charge on any atom is 0.357 e. The molecule has 9 heteroatoms. The number of aromatic nitrogens is 1. The highest BCUT2D eigenvalue weighted by Crippen LogP contribution is 2.15. The van der Waals surface area contributed by atoms with Gasteiger partial charge in [-0.05, 0) is 6.42 Å². The highest BCUT2D eigenvalue weighted by molar-refractivity contribution is 7.88. The number of thiazole rings is 1. The van der Waals surface area contributed by atoms with Crippen molar-refractivity contribution in [3.63, 3.8) is 0 Å². The molecule has 0 saturated carbocycles. The van der Waals surface area contributed by atoms with Crippen molar-refractivity contribution < 1.29 is 17.9 Å². The molecule has 0 radical (unpaired) electrons. The minimum Gasteiger partial charge on any atom is -0.464 e. The van der Waals surface area contributed by atoms with Crippen LogP contribution in [0.1, 0.15) is 16.9 Å². The van der Waals surface area contributed by atoms with Gasteiger partial charge in [-0.15, -0.1) is 11.3 Å². The van der Waals surface area contributed by atoms with E-state index in [1.165, 1.54) is 18.4 Å². The highest BCUT2D eigenvalue weighted by atomic mass is 32.2. The molecule has 0 amide bonds. The van der Waals surface area contributed by atoms with Gasteiger partial charge in [0.2, 0.25) is 10.0 Å². The van der Waals surface area contributed by atoms with Crippen LogP contribution in [0.25, 0.3) is 0 Å². The van der Waals surface area contributed by atoms with Gasteiger partial charge < -0.3 is 10.1 Å². The summed E-state index contributed by atoms with van der Waals surface area (Å²) in [5, 5.41) is 5.20. The lowest BCUT2D eigenvalue weighted by atomic mass is 10.4. The average Bonchev–Trinajstić information content (AvgIpc) is 2.75. The van der Waals surface area contributed by atoms with Gasteiger partial charge in [-0.3, -0.25) is 0 Å². The molecule has 18 heavy (non-hydrogen) atoms. The van der Waals surface area contributed by atoms with Crippen LogP contribution in [0.3, 0.4) is 0 Å². The van der Waals surface area contributed by atoms with Crippen LogP contribution >= 0.6 is 11.3 Å². The van der Waals surface area contributed by atoms with Crippen molar-refractivity contribution in [3.05, 3.63) is 11.1 Å². The highest BCUT2D eigenvalue weighted by Gasteiger charge is 2.09. The summed E-state index contributed by atoms with van der Waals surface area (Å²) in [7, 11) is -1.83. The summed E-state index contributed by atoms with van der Waals surface area (Å²) in [6.45, 7) is 0.928. The first-order valence-electron chi connectivity index (χ1n) is 5.15. The number of rotatable bonds is 7. The summed E-state index contributed by atoms with van der Waals surface area (Å²) in [4.78, 5) is 15.2. The van der Waals surface area contributed by atoms with Crippen LogP contribution in [0.4, 0.5) is 5.13 Å². The van der Waals surface area contributed by atoms with E-state index in [-0.39, 0.29) is 5.69 Å². The molecule has 1 heterocycles. The van der Waals surface area contributed by atoms with Crippen molar-refractivity contribution in [2.75, 3.05) is 31.8 Å². The number of anilines is 1. The zero-order chi connectivity index (χ0) is 13.6. The molecule has 0 atom stereocenters. The van der Waals surface area contributed by atoms with Crippen LogP contribution in [-0.4, -0.2) is 45.8 Å². The molecule has 0 unspecified atom stereocenters. The largest absolute Gasteiger partial charge is 0.464 e. The number of carbonyl (C=O) groups is 1. The number of nitrogens with one attached hydrogen (secondary N) is 2. The Balaban J connectivity index is 2.28. The predicted octanol–water partition coefficient (Wildman–Crippen LogP) is 0.281. The van der Waals surface area contributed by atoms with E-state index in [2.05, 4.69) is 19.8 Å². The van der Waals surface area contributed by atoms with Gasteiger partial charge in [-0.2, -0.15) is 0 Å². The molecule has 1 aromatic rings. The fourth-order valence-corrected chi connectivity index (χ4v) is 2.32. The number of sulfonamides is 1. The second kappa shape index (κ2) is 6.66. The lowest BCUT2D eigenvalue weighted by Crippen LogP contribution is -2.24. The molecule has 0 saturated heterocycles. The monoisotopic (exact) mass is 293 g/mol. The van der Waals surface area contributed by atoms with E-state index < -0.39 is 16.0 Å². The summed E-state index contributed by atoms with van der Waals surface area (Å²) < 4.78 is 28.5. The number of hydrogen-bond acceptors (Lipinski definition) is 7. The maximum atomic E-state index is 11.1. The van der Waals surface area contributed by atoms with Crippen molar-refractivity contribution in [2.24, 2.45) is 0 Å². The normalized spacial score (nSPS) is 11.2. The van der Waals surface area contributed by atoms with Crippen molar-refractivity contribution in [2.45, 2.75) is 6.42 Å². The van der Waals surface area contributed by atoms with Crippen LogP contribution in [0, 0.1) is 0 Å². The van der Waals surface area contributed by atoms with Crippen LogP contribution < -0.4 is 10.0 Å². The Morgan fingerprint density at radius 1 is 1.50 bits per heavy atom. The van der Waals surface area contributed by atoms with Crippen LogP contribution in [0.5, 0.6) is 0 Å². The van der Waals surface area contributed by atoms with Crippen molar-refractivity contribution in [1.82, 2.24) is 9.71 Å². The summed E-state index contributed by atoms with van der Waals surface area (Å²) in [6.07, 6.45) is 1.74. The number of carbonyl (C=O) groups excluding carboxylic acids is 1. The molecule has 0 bridgehead atoms. The van der Waals surface area contributed by atoms with Gasteiger partial charge >= 0.3 is 5.97 Å². The second-order valence-electron chi connectivity index (χ2n) is 3.48. The van der Waals surface area contributed by atoms with Crippen molar-refractivity contribution in [3.8, 4) is 0 Å². The Bertz CT molecular complexity index is 498. The third-order valence-electron chi connectivity index (χ3n) is 1.89. The zero-order valence-electron chi connectivity index (χ0n) is 10.1. The Hall–Kier alpha value is -1.19. The van der Waals surface area contributed by atoms with Gasteiger partial charge in [0, 0.05) is 18.5 Å². The Kier molecular flexibility index (Phi) is 5.51. The molecule has 2 N–H and O–H groups in total. The van der Waals surface area contributed by atoms with E-state index in [0.29, 0.717) is 24.6 Å². The number of hydrogen-bond donors (Lipinski definition) is 2. The molecule has 7 nitrogen and oxygen atoms in total. The van der Waals surface area contributed by atoms with Crippen LogP contribution in [0.2, 0.25) is 0 Å². The van der Waals surface area contributed by atoms with Gasteiger partial charge in [0.1, 0.15) is 0 Å². The van der Waals surface area contributed by atoms with Crippen LogP contribution in [0.15, 0.2) is 5.38 Å². The number of nitrogens with zero attached hydrogens (tertiary/aromatic N) is 1. The Labute approximate surface area is 110 Å². The minimum atomic E-state index is -3.13. The first-order chi connectivity index (χ1) is 8.42. The molecule has 0 aliphatic heterocycles. The Morgan fingerprint density at radius 3 is 2.83 bits per heavy atom. The molecular weight excluding hydrogens is 278 g/mol. The van der Waals surface area contributed by atoms with Gasteiger partial charge in [-0.25, -0.2) is 22.9 Å². The number of methoxy groups -OCH3 is 1. The van der Waals surface area contributed by atoms with E-state index in [0.717, 1.165) is 6.26 Å². The topological polar surface area (TPSA) is 97.4 Å².